The number of benzene rings is 2. The minimum atomic E-state index is -1.01. The van der Waals surface area contributed by atoms with Crippen LogP contribution in [0, 0.1) is 5.92 Å². The maximum Gasteiger partial charge on any atom is 0.407 e. The van der Waals surface area contributed by atoms with Crippen molar-refractivity contribution in [3.8, 4) is 11.1 Å². The molecule has 7 nitrogen and oxygen atoms in total. The van der Waals surface area contributed by atoms with Crippen LogP contribution in [0.2, 0.25) is 0 Å². The van der Waals surface area contributed by atoms with Gasteiger partial charge in [-0.15, -0.1) is 0 Å². The van der Waals surface area contributed by atoms with Gasteiger partial charge in [0.15, 0.2) is 0 Å². The Morgan fingerprint density at radius 3 is 2.21 bits per heavy atom. The van der Waals surface area contributed by atoms with Crippen molar-refractivity contribution in [2.24, 2.45) is 5.92 Å². The quantitative estimate of drug-likeness (QED) is 0.693. The monoisotopic (exact) mass is 450 g/mol. The SMILES string of the molecule is CC(C)[C@@H](NC(=O)OCC1c2ccccc2-c2ccccc21)C(=O)N1CCCC[C@@H]1C(=O)O. The molecular weight excluding hydrogens is 420 g/mol. The Bertz CT molecular complexity index is 1000. The number of hydrogen-bond donors (Lipinski definition) is 2. The van der Waals surface area contributed by atoms with Crippen LogP contribution in [0.4, 0.5) is 4.79 Å². The van der Waals surface area contributed by atoms with E-state index in [0.29, 0.717) is 13.0 Å². The average molecular weight is 451 g/mol. The standard InChI is InChI=1S/C26H30N2O5/c1-16(2)23(24(29)28-14-8-7-13-22(28)25(30)31)27-26(32)33-15-21-19-11-5-3-9-17(19)18-10-4-6-12-20(18)21/h3-6,9-12,16,21-23H,7-8,13-15H2,1-2H3,(H,27,32)(H,30,31)/t22-,23-/m1/s1. The summed E-state index contributed by atoms with van der Waals surface area (Å²) >= 11 is 0. The van der Waals surface area contributed by atoms with E-state index in [9.17, 15) is 19.5 Å². The minimum absolute atomic E-state index is 0.0742. The molecule has 2 aromatic rings. The topological polar surface area (TPSA) is 95.9 Å². The molecule has 2 N–H and O–H groups in total. The fraction of sp³-hybridized carbons (Fsp3) is 0.423. The number of rotatable bonds is 6. The first kappa shape index (κ1) is 22.8. The summed E-state index contributed by atoms with van der Waals surface area (Å²) in [5, 5.41) is 12.2. The Balaban J connectivity index is 1.44. The summed E-state index contributed by atoms with van der Waals surface area (Å²) in [6, 6.07) is 14.5. The van der Waals surface area contributed by atoms with Gasteiger partial charge in [0, 0.05) is 12.5 Å². The molecule has 0 spiro atoms. The summed E-state index contributed by atoms with van der Waals surface area (Å²) in [6.45, 7) is 4.18. The summed E-state index contributed by atoms with van der Waals surface area (Å²) in [4.78, 5) is 38.9. The normalized spacial score (nSPS) is 18.4. The van der Waals surface area contributed by atoms with Crippen molar-refractivity contribution in [2.75, 3.05) is 13.2 Å². The molecule has 1 aliphatic heterocycles. The zero-order valence-corrected chi connectivity index (χ0v) is 19.0. The molecule has 2 atom stereocenters. The van der Waals surface area contributed by atoms with E-state index in [-0.39, 0.29) is 24.3 Å². The van der Waals surface area contributed by atoms with E-state index in [2.05, 4.69) is 17.4 Å². The van der Waals surface area contributed by atoms with E-state index in [1.165, 1.54) is 4.90 Å². The number of fused-ring (bicyclic) bond motifs is 3. The number of alkyl carbamates (subject to hydrolysis) is 1. The third-order valence-electron chi connectivity index (χ3n) is 6.62. The fourth-order valence-corrected chi connectivity index (χ4v) is 4.91. The van der Waals surface area contributed by atoms with Crippen molar-refractivity contribution < 1.29 is 24.2 Å². The number of carboxylic acids is 1. The van der Waals surface area contributed by atoms with Crippen LogP contribution in [0.15, 0.2) is 48.5 Å². The summed E-state index contributed by atoms with van der Waals surface area (Å²) in [5.41, 5.74) is 4.51. The van der Waals surface area contributed by atoms with Crippen LogP contribution < -0.4 is 5.32 Å². The number of piperidine rings is 1. The predicted molar refractivity (Wildman–Crippen MR) is 124 cm³/mol. The number of carboxylic acid groups (broad SMARTS) is 1. The van der Waals surface area contributed by atoms with Crippen LogP contribution in [0.25, 0.3) is 11.1 Å². The van der Waals surface area contributed by atoms with E-state index in [1.54, 1.807) is 0 Å². The van der Waals surface area contributed by atoms with E-state index in [4.69, 9.17) is 4.74 Å². The lowest BCUT2D eigenvalue weighted by atomic mass is 9.97. The number of amides is 2. The average Bonchev–Trinajstić information content (AvgIpc) is 3.14. The van der Waals surface area contributed by atoms with Crippen molar-refractivity contribution in [1.82, 2.24) is 10.2 Å². The van der Waals surface area contributed by atoms with Crippen molar-refractivity contribution in [1.29, 1.82) is 0 Å². The lowest BCUT2D eigenvalue weighted by molar-refractivity contribution is -0.153. The Hall–Kier alpha value is -3.35. The Kier molecular flexibility index (Phi) is 6.67. The number of nitrogens with zero attached hydrogens (tertiary/aromatic N) is 1. The molecule has 2 amide bonds. The molecule has 174 valence electrons. The molecule has 0 saturated carbocycles. The van der Waals surface area contributed by atoms with Gasteiger partial charge < -0.3 is 20.1 Å². The van der Waals surface area contributed by atoms with Gasteiger partial charge in [0.2, 0.25) is 5.91 Å². The van der Waals surface area contributed by atoms with Gasteiger partial charge in [0.1, 0.15) is 18.7 Å². The van der Waals surface area contributed by atoms with Crippen LogP contribution in [-0.2, 0) is 14.3 Å². The number of hydrogen-bond acceptors (Lipinski definition) is 4. The van der Waals surface area contributed by atoms with Gasteiger partial charge in [-0.3, -0.25) is 4.79 Å². The van der Waals surface area contributed by atoms with E-state index < -0.39 is 24.1 Å². The maximum absolute atomic E-state index is 13.2. The molecule has 4 rings (SSSR count). The molecule has 1 saturated heterocycles. The van der Waals surface area contributed by atoms with Crippen molar-refractivity contribution in [2.45, 2.75) is 51.1 Å². The van der Waals surface area contributed by atoms with Crippen LogP contribution in [0.3, 0.4) is 0 Å². The Morgan fingerprint density at radius 1 is 1.03 bits per heavy atom. The smallest absolute Gasteiger partial charge is 0.407 e. The molecule has 33 heavy (non-hydrogen) atoms. The number of carbonyl (C=O) groups excluding carboxylic acids is 2. The molecule has 1 heterocycles. The highest BCUT2D eigenvalue weighted by molar-refractivity contribution is 5.89. The van der Waals surface area contributed by atoms with Crippen LogP contribution in [0.1, 0.15) is 50.2 Å². The summed E-state index contributed by atoms with van der Waals surface area (Å²) in [5.74, 6) is -1.67. The highest BCUT2D eigenvalue weighted by atomic mass is 16.5. The molecule has 0 aromatic heterocycles. The largest absolute Gasteiger partial charge is 0.480 e. The number of nitrogens with one attached hydrogen (secondary N) is 1. The lowest BCUT2D eigenvalue weighted by Gasteiger charge is -2.36. The molecule has 1 fully saturated rings. The van der Waals surface area contributed by atoms with Gasteiger partial charge in [0.05, 0.1) is 0 Å². The van der Waals surface area contributed by atoms with Crippen LogP contribution >= 0.6 is 0 Å². The number of aliphatic carboxylic acids is 1. The van der Waals surface area contributed by atoms with Gasteiger partial charge in [-0.2, -0.15) is 0 Å². The predicted octanol–water partition coefficient (Wildman–Crippen LogP) is 4.02. The second kappa shape index (κ2) is 9.65. The van der Waals surface area contributed by atoms with Crippen molar-refractivity contribution >= 4 is 18.0 Å². The van der Waals surface area contributed by atoms with E-state index in [1.807, 2.05) is 50.2 Å². The lowest BCUT2D eigenvalue weighted by Crippen LogP contribution is -2.57. The first-order valence-corrected chi connectivity index (χ1v) is 11.5. The van der Waals surface area contributed by atoms with Gasteiger partial charge in [-0.25, -0.2) is 9.59 Å². The second-order valence-electron chi connectivity index (χ2n) is 9.07. The molecular formula is C26H30N2O5. The molecule has 0 bridgehead atoms. The summed E-state index contributed by atoms with van der Waals surface area (Å²) in [6.07, 6.45) is 1.28. The van der Waals surface area contributed by atoms with Gasteiger partial charge in [0.25, 0.3) is 0 Å². The first-order chi connectivity index (χ1) is 15.9. The third-order valence-corrected chi connectivity index (χ3v) is 6.62. The fourth-order valence-electron chi connectivity index (χ4n) is 4.91. The molecule has 2 aromatic carbocycles. The van der Waals surface area contributed by atoms with Gasteiger partial charge in [-0.05, 0) is 47.4 Å². The van der Waals surface area contributed by atoms with Gasteiger partial charge in [-0.1, -0.05) is 62.4 Å². The highest BCUT2D eigenvalue weighted by Crippen LogP contribution is 2.44. The Morgan fingerprint density at radius 2 is 1.64 bits per heavy atom. The van der Waals surface area contributed by atoms with Gasteiger partial charge >= 0.3 is 12.1 Å². The summed E-state index contributed by atoms with van der Waals surface area (Å²) in [7, 11) is 0. The van der Waals surface area contributed by atoms with E-state index >= 15 is 0 Å². The van der Waals surface area contributed by atoms with E-state index in [0.717, 1.165) is 35.1 Å². The number of carbonyl (C=O) groups is 3. The molecule has 7 heteroatoms. The first-order valence-electron chi connectivity index (χ1n) is 11.5. The van der Waals surface area contributed by atoms with Crippen molar-refractivity contribution in [3.63, 3.8) is 0 Å². The number of ether oxygens (including phenoxy) is 1. The summed E-state index contributed by atoms with van der Waals surface area (Å²) < 4.78 is 5.60. The maximum atomic E-state index is 13.2. The minimum Gasteiger partial charge on any atom is -0.480 e. The third kappa shape index (κ3) is 4.58. The zero-order chi connectivity index (χ0) is 23.5. The highest BCUT2D eigenvalue weighted by Gasteiger charge is 2.37. The molecule has 0 radical (unpaired) electrons. The Labute approximate surface area is 193 Å². The molecule has 1 aliphatic carbocycles. The zero-order valence-electron chi connectivity index (χ0n) is 19.0. The second-order valence-corrected chi connectivity index (χ2v) is 9.07. The number of likely N-dealkylation sites (tertiary alicyclic amines) is 1. The molecule has 0 unspecified atom stereocenters. The van der Waals surface area contributed by atoms with Crippen LogP contribution in [0.5, 0.6) is 0 Å². The van der Waals surface area contributed by atoms with Crippen LogP contribution in [-0.4, -0.2) is 53.2 Å². The van der Waals surface area contributed by atoms with Crippen molar-refractivity contribution in [3.05, 3.63) is 59.7 Å². The molecule has 2 aliphatic rings.